The summed E-state index contributed by atoms with van der Waals surface area (Å²) in [5.41, 5.74) is 3.15. The molecule has 0 bridgehead atoms. The van der Waals surface area contributed by atoms with Crippen molar-refractivity contribution in [2.24, 2.45) is 0 Å². The Kier molecular flexibility index (Phi) is 4.95. The largest absolute Gasteiger partial charge is 0.306 e. The first-order chi connectivity index (χ1) is 9.52. The highest BCUT2D eigenvalue weighted by molar-refractivity contribution is 7.12. The molecule has 1 N–H and O–H groups in total. The summed E-state index contributed by atoms with van der Waals surface area (Å²) in [5.74, 6) is -0.138. The predicted octanol–water partition coefficient (Wildman–Crippen LogP) is 4.90. The third-order valence-corrected chi connectivity index (χ3v) is 4.49. The van der Waals surface area contributed by atoms with Crippen LogP contribution in [0.15, 0.2) is 24.3 Å². The fourth-order valence-corrected chi connectivity index (χ4v) is 3.44. The van der Waals surface area contributed by atoms with Gasteiger partial charge in [-0.05, 0) is 62.6 Å². The molecule has 0 spiro atoms. The first-order valence-corrected chi connectivity index (χ1v) is 7.91. The molecule has 0 aliphatic rings. The molecule has 1 aromatic carbocycles. The zero-order valence-corrected chi connectivity index (χ0v) is 13.4. The molecule has 1 unspecified atom stereocenters. The van der Waals surface area contributed by atoms with Gasteiger partial charge in [0.15, 0.2) is 0 Å². The second-order valence-corrected chi connectivity index (χ2v) is 6.72. The van der Waals surface area contributed by atoms with E-state index >= 15 is 0 Å². The number of nitrogens with one attached hydrogen (secondary N) is 1. The molecule has 0 aliphatic carbocycles. The van der Waals surface area contributed by atoms with Crippen molar-refractivity contribution in [2.45, 2.75) is 40.2 Å². The van der Waals surface area contributed by atoms with Crippen LogP contribution in [-0.2, 0) is 0 Å². The average Bonchev–Trinajstić information content (AvgIpc) is 2.73. The molecule has 1 aromatic heterocycles. The van der Waals surface area contributed by atoms with Crippen LogP contribution in [0.1, 0.15) is 45.8 Å². The SMILES string of the molecule is CCCNC(c1ccc(F)c(C)c1)c1cc(C)sc1C. The van der Waals surface area contributed by atoms with Crippen LogP contribution in [0.4, 0.5) is 4.39 Å². The Bertz CT molecular complexity index is 589. The first kappa shape index (κ1) is 15.2. The Labute approximate surface area is 124 Å². The molecule has 0 saturated heterocycles. The van der Waals surface area contributed by atoms with Crippen LogP contribution < -0.4 is 5.32 Å². The highest BCUT2D eigenvalue weighted by Gasteiger charge is 2.18. The molecule has 108 valence electrons. The fraction of sp³-hybridized carbons (Fsp3) is 0.412. The Morgan fingerprint density at radius 1 is 1.20 bits per heavy atom. The van der Waals surface area contributed by atoms with E-state index in [9.17, 15) is 4.39 Å². The van der Waals surface area contributed by atoms with Gasteiger partial charge in [0.1, 0.15) is 5.82 Å². The molecule has 0 radical (unpaired) electrons. The predicted molar refractivity (Wildman–Crippen MR) is 85.1 cm³/mol. The van der Waals surface area contributed by atoms with Crippen molar-refractivity contribution in [3.05, 3.63) is 56.5 Å². The summed E-state index contributed by atoms with van der Waals surface area (Å²) < 4.78 is 13.5. The van der Waals surface area contributed by atoms with Crippen molar-refractivity contribution in [3.63, 3.8) is 0 Å². The zero-order chi connectivity index (χ0) is 14.7. The summed E-state index contributed by atoms with van der Waals surface area (Å²) in [4.78, 5) is 2.65. The van der Waals surface area contributed by atoms with Gasteiger partial charge in [0.25, 0.3) is 0 Å². The number of halogens is 1. The minimum atomic E-state index is -0.138. The molecular weight excluding hydrogens is 269 g/mol. The van der Waals surface area contributed by atoms with E-state index in [4.69, 9.17) is 0 Å². The number of rotatable bonds is 5. The second-order valence-electron chi connectivity index (χ2n) is 5.26. The maximum atomic E-state index is 13.5. The van der Waals surface area contributed by atoms with Gasteiger partial charge in [-0.3, -0.25) is 0 Å². The molecule has 1 atom stereocenters. The van der Waals surface area contributed by atoms with Crippen LogP contribution in [0.2, 0.25) is 0 Å². The molecule has 1 nitrogen and oxygen atoms in total. The van der Waals surface area contributed by atoms with Crippen LogP contribution in [-0.4, -0.2) is 6.54 Å². The summed E-state index contributed by atoms with van der Waals surface area (Å²) >= 11 is 1.82. The maximum Gasteiger partial charge on any atom is 0.126 e. The highest BCUT2D eigenvalue weighted by atomic mass is 32.1. The Morgan fingerprint density at radius 3 is 2.50 bits per heavy atom. The summed E-state index contributed by atoms with van der Waals surface area (Å²) in [6, 6.07) is 7.81. The third-order valence-electron chi connectivity index (χ3n) is 3.50. The summed E-state index contributed by atoms with van der Waals surface area (Å²) in [5, 5.41) is 3.59. The van der Waals surface area contributed by atoms with E-state index < -0.39 is 0 Å². The van der Waals surface area contributed by atoms with Gasteiger partial charge in [0, 0.05) is 9.75 Å². The van der Waals surface area contributed by atoms with Gasteiger partial charge in [-0.2, -0.15) is 0 Å². The van der Waals surface area contributed by atoms with E-state index in [0.29, 0.717) is 5.56 Å². The zero-order valence-electron chi connectivity index (χ0n) is 12.6. The van der Waals surface area contributed by atoms with Gasteiger partial charge >= 0.3 is 0 Å². The monoisotopic (exact) mass is 291 g/mol. The Balaban J connectivity index is 2.41. The Hall–Kier alpha value is -1.19. The minimum absolute atomic E-state index is 0.138. The van der Waals surface area contributed by atoms with E-state index in [1.54, 1.807) is 6.07 Å². The van der Waals surface area contributed by atoms with Crippen LogP contribution >= 0.6 is 11.3 Å². The topological polar surface area (TPSA) is 12.0 Å². The number of benzene rings is 1. The normalized spacial score (nSPS) is 12.7. The summed E-state index contributed by atoms with van der Waals surface area (Å²) in [6.45, 7) is 9.22. The standard InChI is InChI=1S/C17H22FNS/c1-5-8-19-17(15-10-12(3)20-13(15)4)14-6-7-16(18)11(2)9-14/h6-7,9-10,17,19H,5,8H2,1-4H3. The number of hydrogen-bond acceptors (Lipinski definition) is 2. The van der Waals surface area contributed by atoms with Crippen LogP contribution in [0, 0.1) is 26.6 Å². The molecule has 0 saturated carbocycles. The number of thiophene rings is 1. The van der Waals surface area contributed by atoms with Gasteiger partial charge in [-0.25, -0.2) is 4.39 Å². The lowest BCUT2D eigenvalue weighted by Crippen LogP contribution is -2.23. The number of hydrogen-bond donors (Lipinski definition) is 1. The van der Waals surface area contributed by atoms with Crippen LogP contribution in [0.5, 0.6) is 0 Å². The number of aryl methyl sites for hydroxylation is 3. The maximum absolute atomic E-state index is 13.5. The van der Waals surface area contributed by atoms with E-state index in [1.807, 2.05) is 30.4 Å². The Morgan fingerprint density at radius 2 is 1.95 bits per heavy atom. The van der Waals surface area contributed by atoms with Crippen molar-refractivity contribution in [1.29, 1.82) is 0 Å². The molecule has 0 aliphatic heterocycles. The molecule has 2 aromatic rings. The van der Waals surface area contributed by atoms with Crippen molar-refractivity contribution in [3.8, 4) is 0 Å². The van der Waals surface area contributed by atoms with Crippen LogP contribution in [0.3, 0.4) is 0 Å². The minimum Gasteiger partial charge on any atom is -0.306 e. The average molecular weight is 291 g/mol. The van der Waals surface area contributed by atoms with Crippen LogP contribution in [0.25, 0.3) is 0 Å². The van der Waals surface area contributed by atoms with Gasteiger partial charge in [0.05, 0.1) is 6.04 Å². The van der Waals surface area contributed by atoms with Crippen molar-refractivity contribution < 1.29 is 4.39 Å². The fourth-order valence-electron chi connectivity index (χ4n) is 2.48. The molecule has 1 heterocycles. The second kappa shape index (κ2) is 6.51. The van der Waals surface area contributed by atoms with Gasteiger partial charge in [-0.1, -0.05) is 19.1 Å². The molecule has 3 heteroatoms. The molecule has 20 heavy (non-hydrogen) atoms. The van der Waals surface area contributed by atoms with Gasteiger partial charge < -0.3 is 5.32 Å². The molecule has 2 rings (SSSR count). The third kappa shape index (κ3) is 3.28. The van der Waals surface area contributed by atoms with Crippen molar-refractivity contribution >= 4 is 11.3 Å². The summed E-state index contributed by atoms with van der Waals surface area (Å²) in [6.07, 6.45) is 1.08. The van der Waals surface area contributed by atoms with Gasteiger partial charge in [0.2, 0.25) is 0 Å². The van der Waals surface area contributed by atoms with E-state index in [2.05, 4.69) is 32.2 Å². The molecular formula is C17H22FNS. The smallest absolute Gasteiger partial charge is 0.126 e. The molecule has 0 fully saturated rings. The molecule has 0 amide bonds. The quantitative estimate of drug-likeness (QED) is 0.826. The lowest BCUT2D eigenvalue weighted by Gasteiger charge is -2.20. The van der Waals surface area contributed by atoms with Gasteiger partial charge in [-0.15, -0.1) is 11.3 Å². The first-order valence-electron chi connectivity index (χ1n) is 7.09. The lowest BCUT2D eigenvalue weighted by molar-refractivity contribution is 0.589. The lowest BCUT2D eigenvalue weighted by atomic mass is 9.97. The highest BCUT2D eigenvalue weighted by Crippen LogP contribution is 2.31. The summed E-state index contributed by atoms with van der Waals surface area (Å²) in [7, 11) is 0. The van der Waals surface area contributed by atoms with E-state index in [-0.39, 0.29) is 11.9 Å². The van der Waals surface area contributed by atoms with E-state index in [1.165, 1.54) is 15.3 Å². The van der Waals surface area contributed by atoms with Crippen molar-refractivity contribution in [1.82, 2.24) is 5.32 Å². The van der Waals surface area contributed by atoms with E-state index in [0.717, 1.165) is 18.5 Å². The van der Waals surface area contributed by atoms with Crippen molar-refractivity contribution in [2.75, 3.05) is 6.54 Å².